The van der Waals surface area contributed by atoms with E-state index in [2.05, 4.69) is 4.72 Å². The topological polar surface area (TPSA) is 83.6 Å². The Kier molecular flexibility index (Phi) is 4.15. The molecule has 1 N–H and O–H groups in total. The second-order valence-electron chi connectivity index (χ2n) is 5.01. The number of carbonyl (C=O) groups excluding carboxylic acids is 2. The summed E-state index contributed by atoms with van der Waals surface area (Å²) >= 11 is 0. The Bertz CT molecular complexity index is 693. The van der Waals surface area contributed by atoms with Crippen molar-refractivity contribution in [3.63, 3.8) is 0 Å². The third-order valence-corrected chi connectivity index (χ3v) is 5.20. The van der Waals surface area contributed by atoms with Gasteiger partial charge in [-0.05, 0) is 31.0 Å². The molecule has 0 saturated heterocycles. The SMILES string of the molecule is CCC(CC)NS(=O)(=O)c1ccc2c(c1)C(=O)N(C)C2=O. The lowest BCUT2D eigenvalue weighted by molar-refractivity contribution is 0.0693. The van der Waals surface area contributed by atoms with Gasteiger partial charge in [0.25, 0.3) is 11.8 Å². The molecule has 2 amide bonds. The molecule has 0 spiro atoms. The van der Waals surface area contributed by atoms with Gasteiger partial charge in [-0.2, -0.15) is 0 Å². The van der Waals surface area contributed by atoms with Crippen molar-refractivity contribution in [2.45, 2.75) is 37.6 Å². The van der Waals surface area contributed by atoms with Gasteiger partial charge in [-0.1, -0.05) is 13.8 Å². The molecule has 0 fully saturated rings. The summed E-state index contributed by atoms with van der Waals surface area (Å²) in [4.78, 5) is 24.7. The van der Waals surface area contributed by atoms with Crippen LogP contribution in [0, 0.1) is 0 Å². The van der Waals surface area contributed by atoms with Crippen molar-refractivity contribution in [1.82, 2.24) is 9.62 Å². The van der Waals surface area contributed by atoms with Crippen LogP contribution in [0.3, 0.4) is 0 Å². The monoisotopic (exact) mass is 310 g/mol. The summed E-state index contributed by atoms with van der Waals surface area (Å²) in [6.07, 6.45) is 1.36. The summed E-state index contributed by atoms with van der Waals surface area (Å²) in [7, 11) is -2.32. The largest absolute Gasteiger partial charge is 0.277 e. The molecule has 0 aromatic heterocycles. The number of amides is 2. The molecule has 0 atom stereocenters. The van der Waals surface area contributed by atoms with Crippen LogP contribution in [0.2, 0.25) is 0 Å². The molecule has 1 aliphatic heterocycles. The zero-order valence-corrected chi connectivity index (χ0v) is 13.0. The number of hydrogen-bond acceptors (Lipinski definition) is 4. The van der Waals surface area contributed by atoms with Crippen LogP contribution in [0.25, 0.3) is 0 Å². The summed E-state index contributed by atoms with van der Waals surface area (Å²) in [5.41, 5.74) is 0.374. The predicted molar refractivity (Wildman–Crippen MR) is 77.6 cm³/mol. The average Bonchev–Trinajstić information content (AvgIpc) is 2.69. The van der Waals surface area contributed by atoms with E-state index in [1.54, 1.807) is 0 Å². The van der Waals surface area contributed by atoms with Crippen LogP contribution >= 0.6 is 0 Å². The van der Waals surface area contributed by atoms with Crippen molar-refractivity contribution >= 4 is 21.8 Å². The highest BCUT2D eigenvalue weighted by Crippen LogP contribution is 2.24. The minimum absolute atomic E-state index is 0.00426. The first kappa shape index (κ1) is 15.7. The van der Waals surface area contributed by atoms with Gasteiger partial charge in [-0.25, -0.2) is 13.1 Å². The zero-order chi connectivity index (χ0) is 15.8. The summed E-state index contributed by atoms with van der Waals surface area (Å²) in [5, 5.41) is 0. The first-order valence-corrected chi connectivity index (χ1v) is 8.28. The molecule has 0 saturated carbocycles. The third kappa shape index (κ3) is 2.71. The Hall–Kier alpha value is -1.73. The highest BCUT2D eigenvalue weighted by molar-refractivity contribution is 7.89. The normalized spacial score (nSPS) is 15.0. The molecule has 1 aliphatic rings. The molecule has 0 bridgehead atoms. The van der Waals surface area contributed by atoms with E-state index < -0.39 is 21.8 Å². The quantitative estimate of drug-likeness (QED) is 0.833. The predicted octanol–water partition coefficient (Wildman–Crippen LogP) is 1.38. The van der Waals surface area contributed by atoms with Gasteiger partial charge in [0.2, 0.25) is 10.0 Å². The van der Waals surface area contributed by atoms with E-state index in [4.69, 9.17) is 0 Å². The van der Waals surface area contributed by atoms with E-state index in [0.29, 0.717) is 12.8 Å². The second-order valence-corrected chi connectivity index (χ2v) is 6.73. The Morgan fingerprint density at radius 2 is 1.67 bits per heavy atom. The molecule has 114 valence electrons. The Labute approximate surface area is 124 Å². The van der Waals surface area contributed by atoms with E-state index in [-0.39, 0.29) is 22.1 Å². The molecule has 0 radical (unpaired) electrons. The first-order valence-electron chi connectivity index (χ1n) is 6.80. The molecule has 7 heteroatoms. The summed E-state index contributed by atoms with van der Waals surface area (Å²) in [5.74, 6) is -0.888. The van der Waals surface area contributed by atoms with Crippen molar-refractivity contribution in [2.24, 2.45) is 0 Å². The molecular formula is C14H18N2O4S. The van der Waals surface area contributed by atoms with Crippen LogP contribution in [0.4, 0.5) is 0 Å². The number of nitrogens with one attached hydrogen (secondary N) is 1. The van der Waals surface area contributed by atoms with Crippen LogP contribution in [0.5, 0.6) is 0 Å². The molecule has 1 heterocycles. The van der Waals surface area contributed by atoms with E-state index in [1.807, 2.05) is 13.8 Å². The standard InChI is InChI=1S/C14H18N2O4S/c1-4-9(5-2)15-21(19,20)10-6-7-11-12(8-10)14(18)16(3)13(11)17/h6-9,15H,4-5H2,1-3H3. The lowest BCUT2D eigenvalue weighted by Crippen LogP contribution is -2.33. The maximum Gasteiger partial charge on any atom is 0.261 e. The molecule has 0 unspecified atom stereocenters. The number of hydrogen-bond donors (Lipinski definition) is 1. The first-order chi connectivity index (χ1) is 9.81. The van der Waals surface area contributed by atoms with Gasteiger partial charge in [0, 0.05) is 13.1 Å². The van der Waals surface area contributed by atoms with Crippen molar-refractivity contribution in [2.75, 3.05) is 7.05 Å². The maximum atomic E-state index is 12.3. The van der Waals surface area contributed by atoms with Crippen molar-refractivity contribution < 1.29 is 18.0 Å². The molecule has 1 aromatic rings. The van der Waals surface area contributed by atoms with Crippen LogP contribution in [-0.4, -0.2) is 38.2 Å². The Morgan fingerprint density at radius 1 is 1.10 bits per heavy atom. The maximum absolute atomic E-state index is 12.3. The molecule has 21 heavy (non-hydrogen) atoms. The molecule has 2 rings (SSSR count). The second kappa shape index (κ2) is 5.57. The van der Waals surface area contributed by atoms with Gasteiger partial charge >= 0.3 is 0 Å². The van der Waals surface area contributed by atoms with Crippen LogP contribution < -0.4 is 4.72 Å². The van der Waals surface area contributed by atoms with E-state index in [1.165, 1.54) is 25.2 Å². The number of benzene rings is 1. The van der Waals surface area contributed by atoms with Gasteiger partial charge < -0.3 is 0 Å². The number of imide groups is 1. The molecule has 0 aliphatic carbocycles. The lowest BCUT2D eigenvalue weighted by Gasteiger charge is -2.15. The number of carbonyl (C=O) groups is 2. The fourth-order valence-corrected chi connectivity index (χ4v) is 3.68. The molecule has 1 aromatic carbocycles. The van der Waals surface area contributed by atoms with Gasteiger partial charge in [-0.3, -0.25) is 14.5 Å². The van der Waals surface area contributed by atoms with E-state index >= 15 is 0 Å². The lowest BCUT2D eigenvalue weighted by atomic mass is 10.1. The molecular weight excluding hydrogens is 292 g/mol. The van der Waals surface area contributed by atoms with Gasteiger partial charge in [0.15, 0.2) is 0 Å². The zero-order valence-electron chi connectivity index (χ0n) is 12.2. The van der Waals surface area contributed by atoms with Crippen LogP contribution in [0.1, 0.15) is 47.4 Å². The molecule has 6 nitrogen and oxygen atoms in total. The van der Waals surface area contributed by atoms with Crippen molar-refractivity contribution in [3.05, 3.63) is 29.3 Å². The minimum atomic E-state index is -3.70. The highest BCUT2D eigenvalue weighted by atomic mass is 32.2. The van der Waals surface area contributed by atoms with E-state index in [9.17, 15) is 18.0 Å². The number of rotatable bonds is 5. The average molecular weight is 310 g/mol. The fourth-order valence-electron chi connectivity index (χ4n) is 2.25. The van der Waals surface area contributed by atoms with Gasteiger partial charge in [-0.15, -0.1) is 0 Å². The third-order valence-electron chi connectivity index (χ3n) is 3.68. The Balaban J connectivity index is 2.40. The van der Waals surface area contributed by atoms with Crippen molar-refractivity contribution in [3.8, 4) is 0 Å². The van der Waals surface area contributed by atoms with Gasteiger partial charge in [0.05, 0.1) is 16.0 Å². The summed E-state index contributed by atoms with van der Waals surface area (Å²) in [6, 6.07) is 3.86. The van der Waals surface area contributed by atoms with Crippen molar-refractivity contribution in [1.29, 1.82) is 0 Å². The van der Waals surface area contributed by atoms with Crippen LogP contribution in [-0.2, 0) is 10.0 Å². The minimum Gasteiger partial charge on any atom is -0.277 e. The number of fused-ring (bicyclic) bond motifs is 1. The number of nitrogens with zero attached hydrogens (tertiary/aromatic N) is 1. The number of sulfonamides is 1. The fraction of sp³-hybridized carbons (Fsp3) is 0.429. The smallest absolute Gasteiger partial charge is 0.261 e. The van der Waals surface area contributed by atoms with Gasteiger partial charge in [0.1, 0.15) is 0 Å². The summed E-state index contributed by atoms with van der Waals surface area (Å²) < 4.78 is 27.2. The Morgan fingerprint density at radius 3 is 2.24 bits per heavy atom. The van der Waals surface area contributed by atoms with Crippen LogP contribution in [0.15, 0.2) is 23.1 Å². The highest BCUT2D eigenvalue weighted by Gasteiger charge is 2.34. The van der Waals surface area contributed by atoms with E-state index in [0.717, 1.165) is 4.90 Å². The summed E-state index contributed by atoms with van der Waals surface area (Å²) in [6.45, 7) is 3.80.